The fourth-order valence-corrected chi connectivity index (χ4v) is 2.30. The summed E-state index contributed by atoms with van der Waals surface area (Å²) >= 11 is 1.54. The summed E-state index contributed by atoms with van der Waals surface area (Å²) in [4.78, 5) is 12.9. The standard InChI is InChI=1S/C15H24N2OS/c1-5-15(3,4)17-14(18)10-19-13-8-6-7-12(9-13)11(2)16/h6-9,11H,5,10,16H2,1-4H3,(H,17,18). The largest absolute Gasteiger partial charge is 0.351 e. The van der Waals surface area contributed by atoms with Crippen LogP contribution < -0.4 is 11.1 Å². The number of carbonyl (C=O) groups is 1. The van der Waals surface area contributed by atoms with Gasteiger partial charge in [0.2, 0.25) is 5.91 Å². The van der Waals surface area contributed by atoms with Crippen LogP contribution in [0.25, 0.3) is 0 Å². The third-order valence-electron chi connectivity index (χ3n) is 3.12. The van der Waals surface area contributed by atoms with Crippen LogP contribution in [-0.4, -0.2) is 17.2 Å². The molecule has 0 fully saturated rings. The van der Waals surface area contributed by atoms with Gasteiger partial charge in [0.15, 0.2) is 0 Å². The SMILES string of the molecule is CCC(C)(C)NC(=O)CSc1cccc(C(C)N)c1. The fraction of sp³-hybridized carbons (Fsp3) is 0.533. The maximum atomic E-state index is 11.9. The van der Waals surface area contributed by atoms with Gasteiger partial charge in [-0.2, -0.15) is 0 Å². The molecule has 0 aliphatic carbocycles. The smallest absolute Gasteiger partial charge is 0.230 e. The van der Waals surface area contributed by atoms with Crippen LogP contribution in [0.5, 0.6) is 0 Å². The number of hydrogen-bond acceptors (Lipinski definition) is 3. The molecule has 0 bridgehead atoms. The molecular formula is C15H24N2OS. The monoisotopic (exact) mass is 280 g/mol. The first kappa shape index (κ1) is 16.1. The molecule has 1 aromatic carbocycles. The van der Waals surface area contributed by atoms with Gasteiger partial charge in [-0.1, -0.05) is 19.1 Å². The molecule has 1 unspecified atom stereocenters. The van der Waals surface area contributed by atoms with Crippen LogP contribution in [0, 0.1) is 0 Å². The van der Waals surface area contributed by atoms with E-state index in [9.17, 15) is 4.79 Å². The molecule has 1 rings (SSSR count). The van der Waals surface area contributed by atoms with E-state index in [2.05, 4.69) is 12.2 Å². The quantitative estimate of drug-likeness (QED) is 0.787. The second-order valence-electron chi connectivity index (χ2n) is 5.44. The van der Waals surface area contributed by atoms with E-state index in [-0.39, 0.29) is 17.5 Å². The van der Waals surface area contributed by atoms with Crippen molar-refractivity contribution in [1.82, 2.24) is 5.32 Å². The lowest BCUT2D eigenvalue weighted by Crippen LogP contribution is -2.43. The summed E-state index contributed by atoms with van der Waals surface area (Å²) in [5.74, 6) is 0.509. The van der Waals surface area contributed by atoms with Crippen LogP contribution in [0.1, 0.15) is 45.7 Å². The molecular weight excluding hydrogens is 256 g/mol. The molecule has 1 atom stereocenters. The van der Waals surface area contributed by atoms with Gasteiger partial charge in [0.05, 0.1) is 5.75 Å². The Bertz CT molecular complexity index is 430. The number of rotatable bonds is 6. The second kappa shape index (κ2) is 6.96. The van der Waals surface area contributed by atoms with Gasteiger partial charge in [0.1, 0.15) is 0 Å². The molecule has 1 aromatic rings. The van der Waals surface area contributed by atoms with Gasteiger partial charge < -0.3 is 11.1 Å². The van der Waals surface area contributed by atoms with Crippen molar-refractivity contribution < 1.29 is 4.79 Å². The lowest BCUT2D eigenvalue weighted by atomic mass is 10.0. The van der Waals surface area contributed by atoms with E-state index in [1.54, 1.807) is 11.8 Å². The number of benzene rings is 1. The number of nitrogens with two attached hydrogens (primary N) is 1. The maximum absolute atomic E-state index is 11.9. The summed E-state index contributed by atoms with van der Waals surface area (Å²) in [7, 11) is 0. The first-order valence-electron chi connectivity index (χ1n) is 6.63. The Kier molecular flexibility index (Phi) is 5.88. The maximum Gasteiger partial charge on any atom is 0.230 e. The number of hydrogen-bond donors (Lipinski definition) is 2. The van der Waals surface area contributed by atoms with E-state index in [0.29, 0.717) is 5.75 Å². The Hall–Kier alpha value is -1.00. The number of amides is 1. The van der Waals surface area contributed by atoms with Crippen molar-refractivity contribution in [2.75, 3.05) is 5.75 Å². The van der Waals surface area contributed by atoms with E-state index < -0.39 is 0 Å². The van der Waals surface area contributed by atoms with Gasteiger partial charge in [-0.05, 0) is 44.9 Å². The molecule has 3 N–H and O–H groups in total. The second-order valence-corrected chi connectivity index (χ2v) is 6.48. The highest BCUT2D eigenvalue weighted by atomic mass is 32.2. The van der Waals surface area contributed by atoms with Crippen LogP contribution in [0.4, 0.5) is 0 Å². The van der Waals surface area contributed by atoms with Gasteiger partial charge in [-0.15, -0.1) is 11.8 Å². The highest BCUT2D eigenvalue weighted by Gasteiger charge is 2.17. The molecule has 0 heterocycles. The van der Waals surface area contributed by atoms with E-state index in [1.165, 1.54) is 0 Å². The first-order chi connectivity index (χ1) is 8.84. The predicted octanol–water partition coefficient (Wildman–Crippen LogP) is 3.10. The van der Waals surface area contributed by atoms with Crippen LogP contribution in [0.2, 0.25) is 0 Å². The van der Waals surface area contributed by atoms with Crippen molar-refractivity contribution in [3.05, 3.63) is 29.8 Å². The Morgan fingerprint density at radius 2 is 2.16 bits per heavy atom. The predicted molar refractivity (Wildman–Crippen MR) is 82.3 cm³/mol. The molecule has 1 amide bonds. The Balaban J connectivity index is 2.53. The zero-order valence-corrected chi connectivity index (χ0v) is 13.0. The van der Waals surface area contributed by atoms with Crippen molar-refractivity contribution in [1.29, 1.82) is 0 Å². The molecule has 0 radical (unpaired) electrons. The third-order valence-corrected chi connectivity index (χ3v) is 4.11. The summed E-state index contributed by atoms with van der Waals surface area (Å²) in [5, 5.41) is 3.03. The number of thioether (sulfide) groups is 1. The van der Waals surface area contributed by atoms with Gasteiger partial charge in [-0.3, -0.25) is 4.79 Å². The normalized spacial score (nSPS) is 13.1. The third kappa shape index (κ3) is 5.66. The zero-order valence-electron chi connectivity index (χ0n) is 12.2. The molecule has 0 saturated heterocycles. The van der Waals surface area contributed by atoms with Crippen molar-refractivity contribution in [3.63, 3.8) is 0 Å². The van der Waals surface area contributed by atoms with Crippen LogP contribution in [0.3, 0.4) is 0 Å². The molecule has 0 aliphatic heterocycles. The molecule has 0 spiro atoms. The topological polar surface area (TPSA) is 55.1 Å². The average Bonchev–Trinajstić information content (AvgIpc) is 2.36. The summed E-state index contributed by atoms with van der Waals surface area (Å²) in [5.41, 5.74) is 6.81. The number of carbonyl (C=O) groups excluding carboxylic acids is 1. The highest BCUT2D eigenvalue weighted by molar-refractivity contribution is 8.00. The number of nitrogens with one attached hydrogen (secondary N) is 1. The molecule has 19 heavy (non-hydrogen) atoms. The van der Waals surface area contributed by atoms with Gasteiger partial charge >= 0.3 is 0 Å². The van der Waals surface area contributed by atoms with Crippen molar-refractivity contribution in [3.8, 4) is 0 Å². The van der Waals surface area contributed by atoms with E-state index in [0.717, 1.165) is 16.9 Å². The molecule has 4 heteroatoms. The summed E-state index contributed by atoms with van der Waals surface area (Å²) in [6, 6.07) is 8.07. The Morgan fingerprint density at radius 1 is 1.47 bits per heavy atom. The first-order valence-corrected chi connectivity index (χ1v) is 7.62. The minimum absolute atomic E-state index is 0.0217. The van der Waals surface area contributed by atoms with Crippen LogP contribution >= 0.6 is 11.8 Å². The molecule has 0 aromatic heterocycles. The van der Waals surface area contributed by atoms with Crippen LogP contribution in [0.15, 0.2) is 29.2 Å². The summed E-state index contributed by atoms with van der Waals surface area (Å²) in [6.45, 7) is 8.10. The average molecular weight is 280 g/mol. The van der Waals surface area contributed by atoms with E-state index >= 15 is 0 Å². The van der Waals surface area contributed by atoms with Gasteiger partial charge in [-0.25, -0.2) is 0 Å². The van der Waals surface area contributed by atoms with Gasteiger partial charge in [0.25, 0.3) is 0 Å². The van der Waals surface area contributed by atoms with Gasteiger partial charge in [0, 0.05) is 16.5 Å². The highest BCUT2D eigenvalue weighted by Crippen LogP contribution is 2.21. The fourth-order valence-electron chi connectivity index (χ4n) is 1.54. The zero-order chi connectivity index (χ0) is 14.5. The van der Waals surface area contributed by atoms with E-state index in [1.807, 2.05) is 45.0 Å². The van der Waals surface area contributed by atoms with Crippen LogP contribution in [-0.2, 0) is 4.79 Å². The molecule has 0 aliphatic rings. The summed E-state index contributed by atoms with van der Waals surface area (Å²) in [6.07, 6.45) is 0.920. The molecule has 106 valence electrons. The summed E-state index contributed by atoms with van der Waals surface area (Å²) < 4.78 is 0. The molecule has 3 nitrogen and oxygen atoms in total. The van der Waals surface area contributed by atoms with Crippen molar-refractivity contribution >= 4 is 17.7 Å². The lowest BCUT2D eigenvalue weighted by Gasteiger charge is -2.24. The minimum Gasteiger partial charge on any atom is -0.351 e. The molecule has 0 saturated carbocycles. The minimum atomic E-state index is -0.134. The van der Waals surface area contributed by atoms with E-state index in [4.69, 9.17) is 5.73 Å². The lowest BCUT2D eigenvalue weighted by molar-refractivity contribution is -0.120. The Morgan fingerprint density at radius 3 is 2.74 bits per heavy atom. The Labute approximate surface area is 120 Å². The van der Waals surface area contributed by atoms with Crippen molar-refractivity contribution in [2.45, 2.75) is 50.6 Å². The van der Waals surface area contributed by atoms with Crippen molar-refractivity contribution in [2.24, 2.45) is 5.73 Å².